The number of fused-ring (bicyclic) bond motifs is 3. The smallest absolute Gasteiger partial charge is 0.234 e. The lowest BCUT2D eigenvalue weighted by molar-refractivity contribution is -0.139. The van der Waals surface area contributed by atoms with E-state index in [1.54, 1.807) is 0 Å². The predicted octanol–water partition coefficient (Wildman–Crippen LogP) is 4.25. The normalized spacial score (nSPS) is 19.0. The van der Waals surface area contributed by atoms with Gasteiger partial charge in [0.15, 0.2) is 0 Å². The quantitative estimate of drug-likeness (QED) is 0.642. The van der Waals surface area contributed by atoms with Gasteiger partial charge < -0.3 is 9.64 Å². The lowest BCUT2D eigenvalue weighted by Crippen LogP contribution is -2.62. The second kappa shape index (κ2) is 6.71. The number of carbonyl (C=O) groups is 1. The van der Waals surface area contributed by atoms with Crippen LogP contribution in [0.1, 0.15) is 27.5 Å². The maximum absolute atomic E-state index is 13.5. The maximum atomic E-state index is 13.5. The van der Waals surface area contributed by atoms with Crippen LogP contribution >= 0.6 is 11.3 Å². The molecule has 6 rings (SSSR count). The van der Waals surface area contributed by atoms with Gasteiger partial charge in [0.05, 0.1) is 5.92 Å². The van der Waals surface area contributed by atoms with E-state index in [-0.39, 0.29) is 11.8 Å². The molecule has 0 N–H and O–H groups in total. The summed E-state index contributed by atoms with van der Waals surface area (Å²) in [5.41, 5.74) is 3.42. The van der Waals surface area contributed by atoms with E-state index in [4.69, 9.17) is 4.74 Å². The van der Waals surface area contributed by atoms with Crippen molar-refractivity contribution in [1.29, 1.82) is 0 Å². The number of rotatable bonds is 2. The average molecular weight is 403 g/mol. The Hall–Kier alpha value is -2.63. The minimum absolute atomic E-state index is 0.192. The molecule has 1 amide bonds. The molecular formula is C24H22N2O2S. The summed E-state index contributed by atoms with van der Waals surface area (Å²) in [6.45, 7) is 3.76. The summed E-state index contributed by atoms with van der Waals surface area (Å²) in [7, 11) is 0. The number of benzene rings is 2. The molecule has 1 saturated heterocycles. The van der Waals surface area contributed by atoms with Crippen molar-refractivity contribution < 1.29 is 9.53 Å². The zero-order valence-corrected chi connectivity index (χ0v) is 16.9. The van der Waals surface area contributed by atoms with Crippen LogP contribution in [0.4, 0.5) is 0 Å². The van der Waals surface area contributed by atoms with Crippen LogP contribution in [-0.2, 0) is 17.8 Å². The van der Waals surface area contributed by atoms with Crippen molar-refractivity contribution >= 4 is 17.2 Å². The van der Waals surface area contributed by atoms with Crippen LogP contribution in [0.25, 0.3) is 0 Å². The first-order valence-corrected chi connectivity index (χ1v) is 11.1. The van der Waals surface area contributed by atoms with Crippen LogP contribution in [-0.4, -0.2) is 41.4 Å². The summed E-state index contributed by atoms with van der Waals surface area (Å²) in [5.74, 6) is 1.50. The summed E-state index contributed by atoms with van der Waals surface area (Å²) in [6, 6.07) is 18.6. The third-order valence-corrected chi connectivity index (χ3v) is 7.48. The average Bonchev–Trinajstić information content (AvgIpc) is 3.18. The number of amides is 1. The Morgan fingerprint density at radius 2 is 1.66 bits per heavy atom. The Kier molecular flexibility index (Phi) is 3.99. The van der Waals surface area contributed by atoms with Gasteiger partial charge in [0.2, 0.25) is 5.91 Å². The lowest BCUT2D eigenvalue weighted by Gasteiger charge is -2.48. The van der Waals surface area contributed by atoms with E-state index >= 15 is 0 Å². The number of thiophene rings is 1. The Labute approximate surface area is 174 Å². The molecule has 0 unspecified atom stereocenters. The van der Waals surface area contributed by atoms with Crippen molar-refractivity contribution in [3.63, 3.8) is 0 Å². The van der Waals surface area contributed by atoms with Crippen LogP contribution in [0.15, 0.2) is 60.0 Å². The van der Waals surface area contributed by atoms with E-state index in [2.05, 4.69) is 16.3 Å². The van der Waals surface area contributed by atoms with Gasteiger partial charge in [0.1, 0.15) is 11.5 Å². The Balaban J connectivity index is 1.22. The number of para-hydroxylation sites is 2. The van der Waals surface area contributed by atoms with E-state index in [1.807, 2.05) is 64.8 Å². The van der Waals surface area contributed by atoms with Gasteiger partial charge in [0, 0.05) is 48.2 Å². The zero-order chi connectivity index (χ0) is 19.4. The van der Waals surface area contributed by atoms with Crippen molar-refractivity contribution in [3.05, 3.63) is 81.5 Å². The van der Waals surface area contributed by atoms with Gasteiger partial charge in [-0.2, -0.15) is 0 Å². The molecule has 0 bridgehead atoms. The fourth-order valence-electron chi connectivity index (χ4n) is 4.81. The van der Waals surface area contributed by atoms with Gasteiger partial charge in [-0.1, -0.05) is 36.4 Å². The molecule has 1 fully saturated rings. The summed E-state index contributed by atoms with van der Waals surface area (Å²) in [4.78, 5) is 19.6. The first kappa shape index (κ1) is 17.2. The second-order valence-corrected chi connectivity index (χ2v) is 9.10. The highest BCUT2D eigenvalue weighted by molar-refractivity contribution is 7.10. The van der Waals surface area contributed by atoms with Crippen molar-refractivity contribution in [2.45, 2.75) is 24.9 Å². The molecule has 3 aliphatic heterocycles. The van der Waals surface area contributed by atoms with Gasteiger partial charge in [-0.3, -0.25) is 9.69 Å². The molecule has 0 radical (unpaired) electrons. The molecular weight excluding hydrogens is 380 g/mol. The third-order valence-electron chi connectivity index (χ3n) is 6.45. The minimum Gasteiger partial charge on any atom is -0.457 e. The van der Waals surface area contributed by atoms with Crippen molar-refractivity contribution in [1.82, 2.24) is 9.80 Å². The molecule has 4 nitrogen and oxygen atoms in total. The van der Waals surface area contributed by atoms with Crippen molar-refractivity contribution in [3.8, 4) is 11.5 Å². The monoisotopic (exact) mass is 402 g/mol. The lowest BCUT2D eigenvalue weighted by atomic mass is 9.85. The van der Waals surface area contributed by atoms with Gasteiger partial charge in [-0.05, 0) is 35.6 Å². The number of ether oxygens (including phenoxy) is 1. The molecule has 0 spiro atoms. The standard InChI is InChI=1S/C24H22N2O2S/c27-24(26-14-17(15-26)25-11-9-22-16(13-25)10-12-29-22)23-18-5-1-3-7-20(18)28-21-8-4-2-6-19(21)23/h1-8,10,12,17,23H,9,11,13-15H2. The van der Waals surface area contributed by atoms with Crippen LogP contribution in [0.2, 0.25) is 0 Å². The molecule has 29 heavy (non-hydrogen) atoms. The van der Waals surface area contributed by atoms with Crippen molar-refractivity contribution in [2.75, 3.05) is 19.6 Å². The Morgan fingerprint density at radius 1 is 0.966 bits per heavy atom. The Bertz CT molecular complexity index is 1040. The fraction of sp³-hybridized carbons (Fsp3) is 0.292. The highest BCUT2D eigenvalue weighted by Gasteiger charge is 2.41. The summed E-state index contributed by atoms with van der Waals surface area (Å²) in [6.07, 6.45) is 1.14. The van der Waals surface area contributed by atoms with Crippen LogP contribution in [0, 0.1) is 0 Å². The van der Waals surface area contributed by atoms with Crippen molar-refractivity contribution in [2.24, 2.45) is 0 Å². The topological polar surface area (TPSA) is 32.8 Å². The molecule has 4 heterocycles. The molecule has 1 aromatic heterocycles. The molecule has 0 saturated carbocycles. The van der Waals surface area contributed by atoms with E-state index < -0.39 is 0 Å². The molecule has 0 aliphatic carbocycles. The van der Waals surface area contributed by atoms with E-state index in [1.165, 1.54) is 10.4 Å². The first-order valence-electron chi connectivity index (χ1n) is 10.2. The summed E-state index contributed by atoms with van der Waals surface area (Å²) < 4.78 is 6.05. The SMILES string of the molecule is O=C(C1c2ccccc2Oc2ccccc21)N1CC(N2CCc3sccc3C2)C1. The molecule has 3 aromatic rings. The maximum Gasteiger partial charge on any atom is 0.234 e. The van der Waals surface area contributed by atoms with Gasteiger partial charge >= 0.3 is 0 Å². The second-order valence-electron chi connectivity index (χ2n) is 8.10. The number of likely N-dealkylation sites (tertiary alicyclic amines) is 1. The minimum atomic E-state index is -0.276. The predicted molar refractivity (Wildman–Crippen MR) is 114 cm³/mol. The molecule has 0 atom stereocenters. The molecule has 2 aromatic carbocycles. The number of nitrogens with zero attached hydrogens (tertiary/aromatic N) is 2. The van der Waals surface area contributed by atoms with E-state index in [0.29, 0.717) is 6.04 Å². The molecule has 3 aliphatic rings. The molecule has 5 heteroatoms. The fourth-order valence-corrected chi connectivity index (χ4v) is 5.70. The highest BCUT2D eigenvalue weighted by atomic mass is 32.1. The highest BCUT2D eigenvalue weighted by Crippen LogP contribution is 2.45. The number of carbonyl (C=O) groups excluding carboxylic acids is 1. The van der Waals surface area contributed by atoms with Gasteiger partial charge in [-0.25, -0.2) is 0 Å². The van der Waals surface area contributed by atoms with E-state index in [9.17, 15) is 4.79 Å². The first-order chi connectivity index (χ1) is 14.3. The largest absolute Gasteiger partial charge is 0.457 e. The Morgan fingerprint density at radius 3 is 2.38 bits per heavy atom. The number of hydrogen-bond acceptors (Lipinski definition) is 4. The van der Waals surface area contributed by atoms with Gasteiger partial charge in [-0.15, -0.1) is 11.3 Å². The summed E-state index contributed by atoms with van der Waals surface area (Å²) >= 11 is 1.87. The van der Waals surface area contributed by atoms with E-state index in [0.717, 1.165) is 55.2 Å². The summed E-state index contributed by atoms with van der Waals surface area (Å²) in [5, 5.41) is 2.20. The zero-order valence-electron chi connectivity index (χ0n) is 16.1. The van der Waals surface area contributed by atoms with Gasteiger partial charge in [0.25, 0.3) is 0 Å². The van der Waals surface area contributed by atoms with Crippen LogP contribution in [0.3, 0.4) is 0 Å². The number of hydrogen-bond donors (Lipinski definition) is 0. The molecule has 146 valence electrons. The van der Waals surface area contributed by atoms with Crippen LogP contribution in [0.5, 0.6) is 11.5 Å². The van der Waals surface area contributed by atoms with Crippen LogP contribution < -0.4 is 4.74 Å². The third kappa shape index (κ3) is 2.80.